The lowest BCUT2D eigenvalue weighted by Crippen LogP contribution is -2.45. The Morgan fingerprint density at radius 3 is 2.12 bits per heavy atom. The smallest absolute Gasteiger partial charge is 0.366 e. The van der Waals surface area contributed by atoms with Gasteiger partial charge in [0.25, 0.3) is 5.91 Å². The molecule has 1 aromatic carbocycles. The molecule has 1 atom stereocenters. The summed E-state index contributed by atoms with van der Waals surface area (Å²) in [5, 5.41) is 10.2. The molecule has 0 fully saturated rings. The second kappa shape index (κ2) is 5.12. The van der Waals surface area contributed by atoms with Crippen LogP contribution in [0.1, 0.15) is 10.4 Å². The highest BCUT2D eigenvalue weighted by Gasteiger charge is 2.39. The fourth-order valence-electron chi connectivity index (χ4n) is 0.974. The molecule has 0 bridgehead atoms. The van der Waals surface area contributed by atoms with Gasteiger partial charge in [0.15, 0.2) is 0 Å². The second-order valence-corrected chi connectivity index (χ2v) is 3.95. The van der Waals surface area contributed by atoms with Crippen molar-refractivity contribution in [1.82, 2.24) is 5.32 Å². The van der Waals surface area contributed by atoms with Crippen LogP contribution in [0.15, 0.2) is 18.2 Å². The van der Waals surface area contributed by atoms with Crippen molar-refractivity contribution in [3.05, 3.63) is 33.8 Å². The highest BCUT2D eigenvalue weighted by Crippen LogP contribution is 2.21. The first-order valence-electron chi connectivity index (χ1n) is 4.22. The third-order valence-corrected chi connectivity index (χ3v) is 2.14. The van der Waals surface area contributed by atoms with E-state index in [-0.39, 0.29) is 15.6 Å². The molecule has 0 spiro atoms. The van der Waals surface area contributed by atoms with Crippen molar-refractivity contribution in [3.63, 3.8) is 0 Å². The lowest BCUT2D eigenvalue weighted by atomic mass is 10.2. The summed E-state index contributed by atoms with van der Waals surface area (Å²) >= 11 is 11.1. The van der Waals surface area contributed by atoms with E-state index < -0.39 is 18.3 Å². The third-order valence-electron chi connectivity index (χ3n) is 1.70. The predicted molar refractivity (Wildman–Crippen MR) is 56.0 cm³/mol. The minimum absolute atomic E-state index is 0.101. The van der Waals surface area contributed by atoms with Gasteiger partial charge < -0.3 is 10.4 Å². The Kier molecular flexibility index (Phi) is 4.24. The summed E-state index contributed by atoms with van der Waals surface area (Å²) in [6, 6.07) is 3.58. The number of alkyl halides is 3. The van der Waals surface area contributed by atoms with Gasteiger partial charge >= 0.3 is 6.18 Å². The first-order chi connectivity index (χ1) is 7.70. The van der Waals surface area contributed by atoms with Crippen molar-refractivity contribution in [1.29, 1.82) is 0 Å². The molecule has 1 amide bonds. The van der Waals surface area contributed by atoms with Gasteiger partial charge in [0.1, 0.15) is 0 Å². The Balaban J connectivity index is 2.84. The number of hydrogen-bond donors (Lipinski definition) is 2. The average Bonchev–Trinajstić information content (AvgIpc) is 2.14. The summed E-state index contributed by atoms with van der Waals surface area (Å²) in [6.07, 6.45) is -7.87. The molecule has 0 aliphatic carbocycles. The zero-order chi connectivity index (χ0) is 13.2. The van der Waals surface area contributed by atoms with Crippen LogP contribution < -0.4 is 5.32 Å². The van der Waals surface area contributed by atoms with E-state index in [0.717, 1.165) is 12.1 Å². The van der Waals surface area contributed by atoms with Crippen LogP contribution in [-0.4, -0.2) is 23.4 Å². The molecule has 0 aromatic heterocycles. The van der Waals surface area contributed by atoms with Crippen molar-refractivity contribution in [3.8, 4) is 0 Å². The molecule has 0 heterocycles. The second-order valence-electron chi connectivity index (χ2n) is 3.08. The third kappa shape index (κ3) is 4.07. The van der Waals surface area contributed by atoms with Gasteiger partial charge in [-0.2, -0.15) is 13.2 Å². The van der Waals surface area contributed by atoms with E-state index >= 15 is 0 Å². The van der Waals surface area contributed by atoms with Crippen LogP contribution >= 0.6 is 23.2 Å². The van der Waals surface area contributed by atoms with Crippen molar-refractivity contribution >= 4 is 29.1 Å². The maximum Gasteiger partial charge on any atom is 0.433 e. The molecular formula is C9H6Cl2F3NO2. The molecule has 1 unspecified atom stereocenters. The van der Waals surface area contributed by atoms with Crippen LogP contribution in [0.5, 0.6) is 0 Å². The van der Waals surface area contributed by atoms with Crippen molar-refractivity contribution < 1.29 is 23.1 Å². The molecule has 0 saturated heterocycles. The number of carbonyl (C=O) groups is 1. The fourth-order valence-corrected chi connectivity index (χ4v) is 1.50. The zero-order valence-corrected chi connectivity index (χ0v) is 9.57. The van der Waals surface area contributed by atoms with E-state index in [4.69, 9.17) is 28.3 Å². The Hall–Kier alpha value is -0.980. The maximum atomic E-state index is 12.0. The lowest BCUT2D eigenvalue weighted by molar-refractivity contribution is -0.209. The first kappa shape index (κ1) is 14.1. The summed E-state index contributed by atoms with van der Waals surface area (Å²) in [6.45, 7) is 0. The minimum atomic E-state index is -4.93. The molecule has 0 aliphatic rings. The molecule has 94 valence electrons. The summed E-state index contributed by atoms with van der Waals surface area (Å²) in [7, 11) is 0. The Morgan fingerprint density at radius 2 is 1.71 bits per heavy atom. The van der Waals surface area contributed by atoms with Crippen LogP contribution in [-0.2, 0) is 0 Å². The molecule has 2 N–H and O–H groups in total. The number of nitrogens with one attached hydrogen (secondary N) is 1. The van der Waals surface area contributed by atoms with E-state index in [1.807, 2.05) is 0 Å². The number of rotatable bonds is 2. The van der Waals surface area contributed by atoms with Gasteiger partial charge in [0, 0.05) is 15.6 Å². The SMILES string of the molecule is O=C(NC(O)C(F)(F)F)c1cc(Cl)cc(Cl)c1. The topological polar surface area (TPSA) is 49.3 Å². The number of halogens is 5. The van der Waals surface area contributed by atoms with Crippen LogP contribution in [0, 0.1) is 0 Å². The van der Waals surface area contributed by atoms with Gasteiger partial charge in [0.2, 0.25) is 6.23 Å². The van der Waals surface area contributed by atoms with Gasteiger partial charge in [-0.3, -0.25) is 4.79 Å². The summed E-state index contributed by atoms with van der Waals surface area (Å²) in [5.74, 6) is -1.13. The summed E-state index contributed by atoms with van der Waals surface area (Å²) < 4.78 is 35.9. The van der Waals surface area contributed by atoms with E-state index in [0.29, 0.717) is 0 Å². The first-order valence-corrected chi connectivity index (χ1v) is 4.97. The number of hydrogen-bond acceptors (Lipinski definition) is 2. The van der Waals surface area contributed by atoms with E-state index in [1.54, 1.807) is 0 Å². The van der Waals surface area contributed by atoms with Crippen LogP contribution in [0.4, 0.5) is 13.2 Å². The monoisotopic (exact) mass is 287 g/mol. The number of aliphatic hydroxyl groups is 1. The Bertz CT molecular complexity index is 416. The highest BCUT2D eigenvalue weighted by atomic mass is 35.5. The Labute approximate surface area is 104 Å². The molecular weight excluding hydrogens is 282 g/mol. The molecule has 8 heteroatoms. The average molecular weight is 288 g/mol. The zero-order valence-electron chi connectivity index (χ0n) is 8.05. The van der Waals surface area contributed by atoms with Crippen LogP contribution in [0.3, 0.4) is 0 Å². The molecule has 1 aromatic rings. The lowest BCUT2D eigenvalue weighted by Gasteiger charge is -2.15. The van der Waals surface area contributed by atoms with Gasteiger partial charge in [-0.1, -0.05) is 23.2 Å². The molecule has 1 rings (SSSR count). The van der Waals surface area contributed by atoms with Crippen molar-refractivity contribution in [2.45, 2.75) is 12.4 Å². The van der Waals surface area contributed by atoms with Gasteiger partial charge in [0.05, 0.1) is 0 Å². The minimum Gasteiger partial charge on any atom is -0.366 e. The summed E-state index contributed by atoms with van der Waals surface area (Å²) in [4.78, 5) is 11.3. The predicted octanol–water partition coefficient (Wildman–Crippen LogP) is 2.60. The van der Waals surface area contributed by atoms with E-state index in [1.165, 1.54) is 11.4 Å². The number of benzene rings is 1. The number of carbonyl (C=O) groups excluding carboxylic acids is 1. The molecule has 0 saturated carbocycles. The summed E-state index contributed by atoms with van der Waals surface area (Å²) in [5.41, 5.74) is -0.175. The van der Waals surface area contributed by atoms with E-state index in [2.05, 4.69) is 0 Å². The number of aliphatic hydroxyl groups excluding tert-OH is 1. The van der Waals surface area contributed by atoms with Crippen LogP contribution in [0.25, 0.3) is 0 Å². The molecule has 0 radical (unpaired) electrons. The van der Waals surface area contributed by atoms with Gasteiger partial charge in [-0.25, -0.2) is 0 Å². The normalized spacial score (nSPS) is 13.3. The molecule has 3 nitrogen and oxygen atoms in total. The van der Waals surface area contributed by atoms with Gasteiger partial charge in [-0.05, 0) is 18.2 Å². The largest absolute Gasteiger partial charge is 0.433 e. The molecule has 0 aliphatic heterocycles. The number of amides is 1. The Morgan fingerprint density at radius 1 is 1.24 bits per heavy atom. The standard InChI is InChI=1S/C9H6Cl2F3NO2/c10-5-1-4(2-6(11)3-5)7(16)15-8(17)9(12,13)14/h1-3,8,17H,(H,15,16). The van der Waals surface area contributed by atoms with E-state index in [9.17, 15) is 18.0 Å². The van der Waals surface area contributed by atoms with Crippen LogP contribution in [0.2, 0.25) is 10.0 Å². The highest BCUT2D eigenvalue weighted by molar-refractivity contribution is 6.35. The molecule has 17 heavy (non-hydrogen) atoms. The maximum absolute atomic E-state index is 12.0. The van der Waals surface area contributed by atoms with Crippen molar-refractivity contribution in [2.24, 2.45) is 0 Å². The van der Waals surface area contributed by atoms with Crippen molar-refractivity contribution in [2.75, 3.05) is 0 Å². The van der Waals surface area contributed by atoms with Gasteiger partial charge in [-0.15, -0.1) is 0 Å². The fraction of sp³-hybridized carbons (Fsp3) is 0.222. The quantitative estimate of drug-likeness (QED) is 0.822.